The van der Waals surface area contributed by atoms with Crippen molar-refractivity contribution in [2.45, 2.75) is 38.0 Å². The number of carboxylic acid groups (broad SMARTS) is 1. The third-order valence-corrected chi connectivity index (χ3v) is 4.39. The lowest BCUT2D eigenvalue weighted by atomic mass is 10.0. The molecule has 0 amide bonds. The van der Waals surface area contributed by atoms with E-state index in [1.54, 1.807) is 30.3 Å². The van der Waals surface area contributed by atoms with Gasteiger partial charge in [-0.25, -0.2) is 4.79 Å². The van der Waals surface area contributed by atoms with Gasteiger partial charge in [-0.3, -0.25) is 9.55 Å². The topological polar surface area (TPSA) is 104 Å². The average molecular weight is 313 g/mol. The van der Waals surface area contributed by atoms with Crippen LogP contribution in [-0.2, 0) is 14.9 Å². The van der Waals surface area contributed by atoms with E-state index in [1.807, 2.05) is 6.92 Å². The van der Waals surface area contributed by atoms with Crippen LogP contribution in [-0.4, -0.2) is 34.6 Å². The monoisotopic (exact) mass is 313 g/mol. The molecule has 1 aromatic carbocycles. The lowest BCUT2D eigenvalue weighted by Gasteiger charge is -2.19. The van der Waals surface area contributed by atoms with Gasteiger partial charge in [0.1, 0.15) is 0 Å². The fraction of sp³-hybridized carbons (Fsp3) is 0.429. The summed E-state index contributed by atoms with van der Waals surface area (Å²) < 4.78 is 32.0. The number of benzene rings is 1. The summed E-state index contributed by atoms with van der Waals surface area (Å²) in [6, 6.07) is 8.74. The first-order valence-electron chi connectivity index (χ1n) is 6.57. The second-order valence-electron chi connectivity index (χ2n) is 4.79. The third-order valence-electron chi connectivity index (χ3n) is 3.12. The molecule has 0 radical (unpaired) electrons. The first-order valence-corrected chi connectivity index (χ1v) is 8.01. The van der Waals surface area contributed by atoms with E-state index >= 15 is 0 Å². The molecule has 0 saturated heterocycles. The van der Waals surface area contributed by atoms with Crippen molar-refractivity contribution in [3.8, 4) is 0 Å². The molecule has 0 spiro atoms. The molecule has 0 saturated carbocycles. The number of hydrogen-bond acceptors (Lipinski definition) is 4. The van der Waals surface area contributed by atoms with Crippen LogP contribution in [0.2, 0.25) is 0 Å². The number of hydrogen-bond donors (Lipinski definition) is 2. The summed E-state index contributed by atoms with van der Waals surface area (Å²) in [5, 5.41) is 9.14. The molecule has 1 rings (SSSR count). The minimum atomic E-state index is -4.88. The van der Waals surface area contributed by atoms with Crippen molar-refractivity contribution in [2.75, 3.05) is 0 Å². The van der Waals surface area contributed by atoms with E-state index in [1.165, 1.54) is 0 Å². The summed E-state index contributed by atoms with van der Waals surface area (Å²) in [6.45, 7) is 2.83. The van der Waals surface area contributed by atoms with Crippen molar-refractivity contribution >= 4 is 21.8 Å². The average Bonchev–Trinajstić information content (AvgIpc) is 2.42. The molecule has 1 atom stereocenters. The molecule has 0 aliphatic heterocycles. The highest BCUT2D eigenvalue weighted by Gasteiger charge is 2.46. The first-order chi connectivity index (χ1) is 9.72. The highest BCUT2D eigenvalue weighted by molar-refractivity contribution is 7.88. The Morgan fingerprint density at radius 2 is 1.86 bits per heavy atom. The molecular formula is C14H19NO5S. The molecule has 0 aliphatic rings. The van der Waals surface area contributed by atoms with E-state index < -0.39 is 21.0 Å². The molecule has 2 N–H and O–H groups in total. The highest BCUT2D eigenvalue weighted by Crippen LogP contribution is 2.21. The lowest BCUT2D eigenvalue weighted by molar-refractivity contribution is -0.139. The summed E-state index contributed by atoms with van der Waals surface area (Å²) in [7, 11) is -4.88. The van der Waals surface area contributed by atoms with Crippen LogP contribution in [0.5, 0.6) is 0 Å². The van der Waals surface area contributed by atoms with Crippen LogP contribution in [0.1, 0.15) is 38.7 Å². The summed E-state index contributed by atoms with van der Waals surface area (Å²) in [4.78, 5) is 12.5. The van der Waals surface area contributed by atoms with Gasteiger partial charge in [-0.15, -0.1) is 0 Å². The Balaban J connectivity index is 3.39. The van der Waals surface area contributed by atoms with E-state index in [0.29, 0.717) is 17.7 Å². The Hall–Kier alpha value is -1.73. The molecule has 21 heavy (non-hydrogen) atoms. The van der Waals surface area contributed by atoms with Crippen LogP contribution >= 0.6 is 0 Å². The Bertz CT molecular complexity index is 624. The highest BCUT2D eigenvalue weighted by atomic mass is 32.2. The molecule has 6 nitrogen and oxygen atoms in total. The minimum absolute atomic E-state index is 0.347. The molecule has 0 aliphatic carbocycles. The van der Waals surface area contributed by atoms with Gasteiger partial charge in [-0.2, -0.15) is 8.42 Å². The van der Waals surface area contributed by atoms with Crippen LogP contribution in [0.25, 0.3) is 0 Å². The van der Waals surface area contributed by atoms with Crippen molar-refractivity contribution in [1.29, 1.82) is 0 Å². The molecule has 0 aromatic heterocycles. The molecule has 0 heterocycles. The Morgan fingerprint density at radius 1 is 1.29 bits per heavy atom. The molecule has 0 bridgehead atoms. The van der Waals surface area contributed by atoms with Crippen molar-refractivity contribution in [3.05, 3.63) is 35.9 Å². The molecule has 1 aromatic rings. The van der Waals surface area contributed by atoms with Gasteiger partial charge in [0.2, 0.25) is 0 Å². The number of rotatable bonds is 7. The van der Waals surface area contributed by atoms with Gasteiger partial charge in [0.05, 0.1) is 0 Å². The zero-order chi connectivity index (χ0) is 16.1. The zero-order valence-corrected chi connectivity index (χ0v) is 12.8. The maximum atomic E-state index is 11.4. The molecule has 7 heteroatoms. The SMILES string of the molecule is CCCCC(=N[C@@](C)(C(=O)O)S(=O)(=O)O)c1ccccc1. The summed E-state index contributed by atoms with van der Waals surface area (Å²) in [5.74, 6) is -1.71. The predicted molar refractivity (Wildman–Crippen MR) is 80.1 cm³/mol. The van der Waals surface area contributed by atoms with Crippen LogP contribution in [0.4, 0.5) is 0 Å². The zero-order valence-electron chi connectivity index (χ0n) is 12.0. The second kappa shape index (κ2) is 6.82. The summed E-state index contributed by atoms with van der Waals surface area (Å²) >= 11 is 0. The van der Waals surface area contributed by atoms with Crippen LogP contribution in [0.3, 0.4) is 0 Å². The largest absolute Gasteiger partial charge is 0.479 e. The predicted octanol–water partition coefficient (Wildman–Crippen LogP) is 2.35. The number of carbonyl (C=O) groups is 1. The molecule has 0 unspecified atom stereocenters. The summed E-state index contributed by atoms with van der Waals surface area (Å²) in [6.07, 6.45) is 2.01. The number of unbranched alkanes of at least 4 members (excludes halogenated alkanes) is 1. The van der Waals surface area contributed by atoms with Crippen LogP contribution in [0.15, 0.2) is 35.3 Å². The van der Waals surface area contributed by atoms with Crippen molar-refractivity contribution < 1.29 is 22.9 Å². The number of carboxylic acids is 1. The minimum Gasteiger partial charge on any atom is -0.479 e. The second-order valence-corrected chi connectivity index (χ2v) is 6.54. The van der Waals surface area contributed by atoms with E-state index in [-0.39, 0.29) is 0 Å². The van der Waals surface area contributed by atoms with Crippen molar-refractivity contribution in [2.24, 2.45) is 4.99 Å². The number of nitrogens with zero attached hydrogens (tertiary/aromatic N) is 1. The van der Waals surface area contributed by atoms with E-state index in [0.717, 1.165) is 19.8 Å². The smallest absolute Gasteiger partial charge is 0.349 e. The summed E-state index contributed by atoms with van der Waals surface area (Å²) in [5.41, 5.74) is 0.988. The van der Waals surface area contributed by atoms with Gasteiger partial charge in [-0.05, 0) is 25.3 Å². The van der Waals surface area contributed by atoms with Crippen molar-refractivity contribution in [3.63, 3.8) is 0 Å². The van der Waals surface area contributed by atoms with Crippen LogP contribution in [0, 0.1) is 0 Å². The fourth-order valence-corrected chi connectivity index (χ4v) is 2.16. The van der Waals surface area contributed by atoms with Crippen molar-refractivity contribution in [1.82, 2.24) is 0 Å². The number of aliphatic carboxylic acids is 1. The lowest BCUT2D eigenvalue weighted by Crippen LogP contribution is -2.42. The van der Waals surface area contributed by atoms with Gasteiger partial charge in [0.25, 0.3) is 4.87 Å². The molecule has 116 valence electrons. The molecular weight excluding hydrogens is 294 g/mol. The quantitative estimate of drug-likeness (QED) is 0.594. The van der Waals surface area contributed by atoms with E-state index in [2.05, 4.69) is 4.99 Å². The van der Waals surface area contributed by atoms with E-state index in [4.69, 9.17) is 5.11 Å². The Kier molecular flexibility index (Phi) is 5.62. The van der Waals surface area contributed by atoms with Gasteiger partial charge in [0, 0.05) is 5.71 Å². The third kappa shape index (κ3) is 4.12. The van der Waals surface area contributed by atoms with Crippen LogP contribution < -0.4 is 0 Å². The standard InChI is InChI=1S/C14H19NO5S/c1-3-4-10-12(11-8-6-5-7-9-11)15-14(2,13(16)17)21(18,19)20/h5-9H,3-4,10H2,1-2H3,(H,16,17)(H,18,19,20)/t14-/m1/s1. The van der Waals surface area contributed by atoms with E-state index in [9.17, 15) is 17.8 Å². The maximum absolute atomic E-state index is 11.4. The Morgan fingerprint density at radius 3 is 2.29 bits per heavy atom. The first kappa shape index (κ1) is 17.3. The molecule has 0 fully saturated rings. The fourth-order valence-electron chi connectivity index (χ4n) is 1.71. The Labute approximate surface area is 124 Å². The maximum Gasteiger partial charge on any atom is 0.349 e. The normalized spacial score (nSPS) is 15.5. The number of aliphatic imine (C=N–C) groups is 1. The van der Waals surface area contributed by atoms with Gasteiger partial charge >= 0.3 is 16.1 Å². The van der Waals surface area contributed by atoms with Gasteiger partial charge in [-0.1, -0.05) is 43.7 Å². The van der Waals surface area contributed by atoms with Gasteiger partial charge < -0.3 is 5.11 Å². The van der Waals surface area contributed by atoms with Gasteiger partial charge in [0.15, 0.2) is 0 Å².